The highest BCUT2D eigenvalue weighted by Gasteiger charge is 2.46. The molecule has 0 N–H and O–H groups in total. The number of fused-ring (bicyclic) bond motifs is 9. The fourth-order valence-electron chi connectivity index (χ4n) is 4.37. The molecule has 28 heavy (non-hydrogen) atoms. The maximum Gasteiger partial charge on any atom is 0.387 e. The van der Waals surface area contributed by atoms with Crippen molar-refractivity contribution in [2.24, 2.45) is 0 Å². The Hall–Kier alpha value is -2.74. The fourth-order valence-corrected chi connectivity index (χ4v) is 4.53. The number of aromatic nitrogens is 2. The van der Waals surface area contributed by atoms with E-state index in [2.05, 4.69) is 9.84 Å². The Morgan fingerprint density at radius 1 is 1.29 bits per heavy atom. The van der Waals surface area contributed by atoms with E-state index in [1.165, 1.54) is 4.90 Å². The summed E-state index contributed by atoms with van der Waals surface area (Å²) >= 11 is 6.15. The van der Waals surface area contributed by atoms with E-state index >= 15 is 0 Å². The summed E-state index contributed by atoms with van der Waals surface area (Å²) in [5.74, 6) is -2.04. The lowest BCUT2D eigenvalue weighted by molar-refractivity contribution is -0.0507. The van der Waals surface area contributed by atoms with Crippen LogP contribution >= 0.6 is 11.6 Å². The normalized spacial score (nSPS) is 20.5. The average Bonchev–Trinajstić information content (AvgIpc) is 3.13. The maximum absolute atomic E-state index is 14.1. The summed E-state index contributed by atoms with van der Waals surface area (Å²) in [4.78, 5) is 14.4. The van der Waals surface area contributed by atoms with Crippen LogP contribution in [0.2, 0.25) is 5.02 Å². The van der Waals surface area contributed by atoms with Gasteiger partial charge in [-0.25, -0.2) is 8.91 Å². The topological polar surface area (TPSA) is 46.8 Å². The standard InChI is InChI=1S/C19H13ClF3N3O2/c1-25-13-7-10(16-12-4-8(20)2-3-26(12)24-17(13)16)15-11(18(25)27)5-9(21)6-14(15)28-19(22)23/h2-6,10,13,19H,7H2,1H3/t10-,13-/m1/s1. The van der Waals surface area contributed by atoms with Crippen molar-refractivity contribution in [3.8, 4) is 5.75 Å². The van der Waals surface area contributed by atoms with Crippen molar-refractivity contribution < 1.29 is 22.7 Å². The number of halogens is 4. The van der Waals surface area contributed by atoms with Gasteiger partial charge < -0.3 is 9.64 Å². The number of carbonyl (C=O) groups is 1. The van der Waals surface area contributed by atoms with Crippen LogP contribution in [0.3, 0.4) is 0 Å². The molecule has 1 amide bonds. The van der Waals surface area contributed by atoms with Gasteiger partial charge in [-0.15, -0.1) is 0 Å². The Bertz CT molecular complexity index is 1150. The summed E-state index contributed by atoms with van der Waals surface area (Å²) in [6.07, 6.45) is 2.15. The van der Waals surface area contributed by atoms with Gasteiger partial charge in [-0.1, -0.05) is 11.6 Å². The first kappa shape index (κ1) is 17.4. The molecular formula is C19H13ClF3N3O2. The van der Waals surface area contributed by atoms with E-state index < -0.39 is 24.3 Å². The quantitative estimate of drug-likeness (QED) is 0.633. The van der Waals surface area contributed by atoms with Crippen LogP contribution in [0.4, 0.5) is 13.2 Å². The molecule has 5 nitrogen and oxygen atoms in total. The number of hydrogen-bond acceptors (Lipinski definition) is 3. The molecule has 3 aromatic rings. The van der Waals surface area contributed by atoms with Crippen molar-refractivity contribution in [1.82, 2.24) is 14.5 Å². The summed E-state index contributed by atoms with van der Waals surface area (Å²) in [7, 11) is 1.60. The van der Waals surface area contributed by atoms with Crippen molar-refractivity contribution in [3.63, 3.8) is 0 Å². The Morgan fingerprint density at radius 2 is 2.07 bits per heavy atom. The summed E-state index contributed by atoms with van der Waals surface area (Å²) in [5, 5.41) is 5.09. The minimum absolute atomic E-state index is 0.0256. The van der Waals surface area contributed by atoms with E-state index in [1.54, 1.807) is 29.9 Å². The molecule has 1 aromatic carbocycles. The molecule has 0 radical (unpaired) electrons. The molecule has 9 heteroatoms. The van der Waals surface area contributed by atoms with Gasteiger partial charge in [-0.2, -0.15) is 13.9 Å². The van der Waals surface area contributed by atoms with E-state index in [-0.39, 0.29) is 22.9 Å². The molecule has 0 saturated heterocycles. The number of carbonyl (C=O) groups excluding carboxylic acids is 1. The van der Waals surface area contributed by atoms with Gasteiger partial charge in [-0.05, 0) is 24.6 Å². The predicted molar refractivity (Wildman–Crippen MR) is 94.5 cm³/mol. The summed E-state index contributed by atoms with van der Waals surface area (Å²) in [6, 6.07) is 5.04. The third-order valence-corrected chi connectivity index (χ3v) is 5.71. The van der Waals surface area contributed by atoms with Crippen LogP contribution < -0.4 is 4.74 Å². The second-order valence-corrected chi connectivity index (χ2v) is 7.37. The molecule has 3 heterocycles. The Labute approximate surface area is 162 Å². The number of ether oxygens (including phenoxy) is 1. The van der Waals surface area contributed by atoms with E-state index in [1.807, 2.05) is 0 Å². The van der Waals surface area contributed by atoms with Crippen molar-refractivity contribution in [2.45, 2.75) is 25.0 Å². The first-order chi connectivity index (χ1) is 13.3. The molecule has 2 aromatic heterocycles. The smallest absolute Gasteiger partial charge is 0.387 e. The van der Waals surface area contributed by atoms with Crippen LogP contribution in [-0.4, -0.2) is 34.1 Å². The highest BCUT2D eigenvalue weighted by molar-refractivity contribution is 6.30. The number of alkyl halides is 2. The number of hydrogen-bond donors (Lipinski definition) is 0. The minimum atomic E-state index is -3.14. The molecule has 2 bridgehead atoms. The Kier molecular flexibility index (Phi) is 3.64. The van der Waals surface area contributed by atoms with Crippen LogP contribution in [0.15, 0.2) is 30.5 Å². The minimum Gasteiger partial charge on any atom is -0.434 e. The molecule has 0 saturated carbocycles. The van der Waals surface area contributed by atoms with E-state index in [0.717, 1.165) is 23.2 Å². The van der Waals surface area contributed by atoms with Crippen molar-refractivity contribution in [2.75, 3.05) is 7.05 Å². The zero-order valence-electron chi connectivity index (χ0n) is 14.5. The number of rotatable bonds is 2. The van der Waals surface area contributed by atoms with E-state index in [9.17, 15) is 18.0 Å². The van der Waals surface area contributed by atoms with Crippen molar-refractivity contribution in [1.29, 1.82) is 0 Å². The second kappa shape index (κ2) is 5.88. The fraction of sp³-hybridized carbons (Fsp3) is 0.263. The van der Waals surface area contributed by atoms with Gasteiger partial charge in [0, 0.05) is 46.9 Å². The third kappa shape index (κ3) is 2.33. The van der Waals surface area contributed by atoms with E-state index in [0.29, 0.717) is 17.1 Å². The first-order valence-corrected chi connectivity index (χ1v) is 8.96. The van der Waals surface area contributed by atoms with Crippen LogP contribution in [-0.2, 0) is 0 Å². The van der Waals surface area contributed by atoms with E-state index in [4.69, 9.17) is 11.6 Å². The van der Waals surface area contributed by atoms with Gasteiger partial charge in [0.1, 0.15) is 11.6 Å². The lowest BCUT2D eigenvalue weighted by Crippen LogP contribution is -2.30. The number of pyridine rings is 1. The monoisotopic (exact) mass is 407 g/mol. The Balaban J connectivity index is 1.84. The van der Waals surface area contributed by atoms with Gasteiger partial charge in [0.2, 0.25) is 0 Å². The average molecular weight is 408 g/mol. The predicted octanol–water partition coefficient (Wildman–Crippen LogP) is 4.39. The molecule has 0 spiro atoms. The second-order valence-electron chi connectivity index (χ2n) is 6.94. The van der Waals surface area contributed by atoms with Crippen LogP contribution in [0.25, 0.3) is 5.52 Å². The lowest BCUT2D eigenvalue weighted by Gasteiger charge is -2.24. The molecule has 2 atom stereocenters. The SMILES string of the molecule is CN1C(=O)c2cc(F)cc(OC(F)F)c2[C@H]2C[C@@H]1c1nn3ccc(Cl)cc3c12. The lowest BCUT2D eigenvalue weighted by atomic mass is 9.88. The highest BCUT2D eigenvalue weighted by atomic mass is 35.5. The summed E-state index contributed by atoms with van der Waals surface area (Å²) in [6.45, 7) is -3.14. The number of benzene rings is 1. The molecule has 0 unspecified atom stereocenters. The molecule has 5 rings (SSSR count). The molecule has 2 aliphatic rings. The van der Waals surface area contributed by atoms with Crippen LogP contribution in [0, 0.1) is 5.82 Å². The molecule has 0 fully saturated rings. The zero-order valence-corrected chi connectivity index (χ0v) is 15.3. The largest absolute Gasteiger partial charge is 0.434 e. The molecule has 1 aliphatic carbocycles. The molecule has 144 valence electrons. The maximum atomic E-state index is 14.1. The van der Waals surface area contributed by atoms with Crippen LogP contribution in [0.5, 0.6) is 5.75 Å². The first-order valence-electron chi connectivity index (χ1n) is 8.58. The summed E-state index contributed by atoms with van der Waals surface area (Å²) in [5.41, 5.74) is 2.48. The van der Waals surface area contributed by atoms with Gasteiger partial charge >= 0.3 is 6.61 Å². The van der Waals surface area contributed by atoms with Crippen molar-refractivity contribution >= 4 is 23.0 Å². The van der Waals surface area contributed by atoms with Crippen LogP contribution in [0.1, 0.15) is 45.6 Å². The zero-order chi connectivity index (χ0) is 19.7. The van der Waals surface area contributed by atoms with Gasteiger partial charge in [-0.3, -0.25) is 4.79 Å². The highest BCUT2D eigenvalue weighted by Crippen LogP contribution is 2.53. The third-order valence-electron chi connectivity index (χ3n) is 5.48. The number of nitrogens with zero attached hydrogens (tertiary/aromatic N) is 3. The molecular weight excluding hydrogens is 395 g/mol. The van der Waals surface area contributed by atoms with Gasteiger partial charge in [0.25, 0.3) is 5.91 Å². The molecule has 1 aliphatic heterocycles. The Morgan fingerprint density at radius 3 is 2.82 bits per heavy atom. The van der Waals surface area contributed by atoms with Gasteiger partial charge in [0.05, 0.1) is 17.3 Å². The van der Waals surface area contributed by atoms with Gasteiger partial charge in [0.15, 0.2) is 0 Å². The number of amides is 1. The summed E-state index contributed by atoms with van der Waals surface area (Å²) < 4.78 is 46.4. The van der Waals surface area contributed by atoms with Crippen molar-refractivity contribution in [3.05, 3.63) is 63.7 Å².